The second-order valence-corrected chi connectivity index (χ2v) is 3.65. The maximum atomic E-state index is 11.4. The van der Waals surface area contributed by atoms with E-state index >= 15 is 0 Å². The van der Waals surface area contributed by atoms with Gasteiger partial charge >= 0.3 is 5.97 Å². The summed E-state index contributed by atoms with van der Waals surface area (Å²) in [5.41, 5.74) is 2.40. The van der Waals surface area contributed by atoms with Crippen molar-refractivity contribution in [3.8, 4) is 6.07 Å². The number of benzene rings is 1. The maximum absolute atomic E-state index is 11.4. The van der Waals surface area contributed by atoms with Crippen LogP contribution in [0.5, 0.6) is 0 Å². The molecule has 1 aromatic carbocycles. The van der Waals surface area contributed by atoms with Crippen LogP contribution in [0.1, 0.15) is 29.2 Å². The Hall–Kier alpha value is -1.86. The Kier molecular flexibility index (Phi) is 4.68. The predicted molar refractivity (Wildman–Crippen MR) is 62.2 cm³/mol. The van der Waals surface area contributed by atoms with Gasteiger partial charge in [0.15, 0.2) is 0 Å². The Morgan fingerprint density at radius 1 is 1.53 bits per heavy atom. The molecule has 0 saturated heterocycles. The van der Waals surface area contributed by atoms with Crippen LogP contribution >= 0.6 is 0 Å². The number of esters is 1. The van der Waals surface area contributed by atoms with E-state index in [1.165, 1.54) is 0 Å². The average Bonchev–Trinajstić information content (AvgIpc) is 2.30. The van der Waals surface area contributed by atoms with Crippen molar-refractivity contribution < 1.29 is 14.6 Å². The van der Waals surface area contributed by atoms with Crippen molar-refractivity contribution in [3.63, 3.8) is 0 Å². The van der Waals surface area contributed by atoms with Gasteiger partial charge in [-0.2, -0.15) is 5.26 Å². The summed E-state index contributed by atoms with van der Waals surface area (Å²) in [6.45, 7) is 3.64. The van der Waals surface area contributed by atoms with Gasteiger partial charge in [0.1, 0.15) is 0 Å². The fourth-order valence-corrected chi connectivity index (χ4v) is 1.67. The molecule has 4 nitrogen and oxygen atoms in total. The highest BCUT2D eigenvalue weighted by Crippen LogP contribution is 2.19. The van der Waals surface area contributed by atoms with Crippen molar-refractivity contribution in [2.75, 3.05) is 6.61 Å². The van der Waals surface area contributed by atoms with Crippen LogP contribution in [0.25, 0.3) is 0 Å². The van der Waals surface area contributed by atoms with Gasteiger partial charge in [0.25, 0.3) is 0 Å². The van der Waals surface area contributed by atoms with Gasteiger partial charge in [-0.3, -0.25) is 4.79 Å². The van der Waals surface area contributed by atoms with Gasteiger partial charge in [-0.15, -0.1) is 0 Å². The molecule has 0 amide bonds. The van der Waals surface area contributed by atoms with Crippen LogP contribution < -0.4 is 0 Å². The molecular weight excluding hydrogens is 218 g/mol. The van der Waals surface area contributed by atoms with Crippen molar-refractivity contribution in [2.45, 2.75) is 26.9 Å². The van der Waals surface area contributed by atoms with Crippen LogP contribution in [0, 0.1) is 18.3 Å². The molecule has 0 fully saturated rings. The van der Waals surface area contributed by atoms with Crippen LogP contribution in [-0.4, -0.2) is 17.7 Å². The number of hydrogen-bond donors (Lipinski definition) is 1. The summed E-state index contributed by atoms with van der Waals surface area (Å²) >= 11 is 0. The molecule has 0 unspecified atom stereocenters. The van der Waals surface area contributed by atoms with Gasteiger partial charge < -0.3 is 9.84 Å². The molecule has 1 aromatic rings. The lowest BCUT2D eigenvalue weighted by Gasteiger charge is -2.11. The molecule has 0 radical (unpaired) electrons. The van der Waals surface area contributed by atoms with Gasteiger partial charge in [0, 0.05) is 0 Å². The Morgan fingerprint density at radius 3 is 2.76 bits per heavy atom. The normalized spacial score (nSPS) is 9.76. The summed E-state index contributed by atoms with van der Waals surface area (Å²) < 4.78 is 4.85. The molecule has 0 atom stereocenters. The lowest BCUT2D eigenvalue weighted by molar-refractivity contribution is -0.142. The molecule has 0 bridgehead atoms. The fraction of sp³-hybridized carbons (Fsp3) is 0.385. The van der Waals surface area contributed by atoms with E-state index in [0.717, 1.165) is 5.56 Å². The minimum absolute atomic E-state index is 0.0221. The maximum Gasteiger partial charge on any atom is 0.310 e. The van der Waals surface area contributed by atoms with E-state index in [9.17, 15) is 9.90 Å². The monoisotopic (exact) mass is 233 g/mol. The third kappa shape index (κ3) is 3.05. The van der Waals surface area contributed by atoms with Crippen molar-refractivity contribution in [3.05, 3.63) is 34.4 Å². The third-order valence-electron chi connectivity index (χ3n) is 2.53. The standard InChI is InChI=1S/C13H15NO3/c1-3-17-13(16)6-11-10(8-15)5-4-9(2)12(11)7-14/h4-5,15H,3,6,8H2,1-2H3. The summed E-state index contributed by atoms with van der Waals surface area (Å²) in [4.78, 5) is 11.4. The van der Waals surface area contributed by atoms with Crippen molar-refractivity contribution >= 4 is 5.97 Å². The molecule has 1 rings (SSSR count). The smallest absolute Gasteiger partial charge is 0.310 e. The second kappa shape index (κ2) is 6.02. The number of carbonyl (C=O) groups is 1. The number of nitriles is 1. The number of rotatable bonds is 4. The predicted octanol–water partition coefficient (Wildman–Crippen LogP) is 1.46. The molecular formula is C13H15NO3. The molecule has 0 aliphatic heterocycles. The molecule has 0 saturated carbocycles. The Labute approximate surface area is 100 Å². The van der Waals surface area contributed by atoms with Crippen molar-refractivity contribution in [1.29, 1.82) is 5.26 Å². The highest BCUT2D eigenvalue weighted by atomic mass is 16.5. The van der Waals surface area contributed by atoms with Crippen LogP contribution in [-0.2, 0) is 22.6 Å². The zero-order chi connectivity index (χ0) is 12.8. The summed E-state index contributed by atoms with van der Waals surface area (Å²) in [5.74, 6) is -0.385. The van der Waals surface area contributed by atoms with Gasteiger partial charge in [-0.25, -0.2) is 0 Å². The molecule has 0 aromatic heterocycles. The minimum Gasteiger partial charge on any atom is -0.466 e. The molecule has 17 heavy (non-hydrogen) atoms. The average molecular weight is 233 g/mol. The molecule has 0 aliphatic carbocycles. The number of aryl methyl sites for hydroxylation is 1. The molecule has 4 heteroatoms. The lowest BCUT2D eigenvalue weighted by atomic mass is 9.95. The van der Waals surface area contributed by atoms with Gasteiger partial charge in [0.05, 0.1) is 31.3 Å². The summed E-state index contributed by atoms with van der Waals surface area (Å²) in [6, 6.07) is 5.56. The SMILES string of the molecule is CCOC(=O)Cc1c(CO)ccc(C)c1C#N. The van der Waals surface area contributed by atoms with E-state index in [4.69, 9.17) is 10.00 Å². The molecule has 0 aliphatic rings. The number of carbonyl (C=O) groups excluding carboxylic acids is 1. The van der Waals surface area contributed by atoms with Crippen molar-refractivity contribution in [1.82, 2.24) is 0 Å². The van der Waals surface area contributed by atoms with Gasteiger partial charge in [0.2, 0.25) is 0 Å². The minimum atomic E-state index is -0.385. The highest BCUT2D eigenvalue weighted by molar-refractivity contribution is 5.74. The number of aliphatic hydroxyl groups excluding tert-OH is 1. The summed E-state index contributed by atoms with van der Waals surface area (Å²) in [7, 11) is 0. The molecule has 0 spiro atoms. The third-order valence-corrected chi connectivity index (χ3v) is 2.53. The Balaban J connectivity index is 3.15. The Bertz CT molecular complexity index is 460. The first-order valence-electron chi connectivity index (χ1n) is 5.42. The Morgan fingerprint density at radius 2 is 2.24 bits per heavy atom. The van der Waals surface area contributed by atoms with Gasteiger partial charge in [-0.1, -0.05) is 12.1 Å². The number of aliphatic hydroxyl groups is 1. The number of hydrogen-bond acceptors (Lipinski definition) is 4. The van der Waals surface area contributed by atoms with Crippen LogP contribution in [0.4, 0.5) is 0 Å². The highest BCUT2D eigenvalue weighted by Gasteiger charge is 2.14. The topological polar surface area (TPSA) is 70.3 Å². The van der Waals surface area contributed by atoms with E-state index in [0.29, 0.717) is 23.3 Å². The summed E-state index contributed by atoms with van der Waals surface area (Å²) in [6.07, 6.45) is 0.0221. The van der Waals surface area contributed by atoms with Crippen LogP contribution in [0.2, 0.25) is 0 Å². The largest absolute Gasteiger partial charge is 0.466 e. The quantitative estimate of drug-likeness (QED) is 0.799. The van der Waals surface area contributed by atoms with Crippen LogP contribution in [0.15, 0.2) is 12.1 Å². The van der Waals surface area contributed by atoms with E-state index < -0.39 is 0 Å². The van der Waals surface area contributed by atoms with Gasteiger partial charge in [-0.05, 0) is 30.5 Å². The summed E-state index contributed by atoms with van der Waals surface area (Å²) in [5, 5.41) is 18.3. The van der Waals surface area contributed by atoms with E-state index in [1.807, 2.05) is 0 Å². The fourth-order valence-electron chi connectivity index (χ4n) is 1.67. The first-order valence-corrected chi connectivity index (χ1v) is 5.42. The zero-order valence-corrected chi connectivity index (χ0v) is 9.99. The molecule has 90 valence electrons. The first-order chi connectivity index (χ1) is 8.13. The van der Waals surface area contributed by atoms with E-state index in [1.54, 1.807) is 26.0 Å². The first kappa shape index (κ1) is 13.2. The molecule has 0 heterocycles. The lowest BCUT2D eigenvalue weighted by Crippen LogP contribution is -2.11. The van der Waals surface area contributed by atoms with E-state index in [-0.39, 0.29) is 19.0 Å². The zero-order valence-electron chi connectivity index (χ0n) is 9.99. The number of nitrogens with zero attached hydrogens (tertiary/aromatic N) is 1. The van der Waals surface area contributed by atoms with Crippen LogP contribution in [0.3, 0.4) is 0 Å². The second-order valence-electron chi connectivity index (χ2n) is 3.65. The van der Waals surface area contributed by atoms with E-state index in [2.05, 4.69) is 6.07 Å². The number of ether oxygens (including phenoxy) is 1. The van der Waals surface area contributed by atoms with Crippen molar-refractivity contribution in [2.24, 2.45) is 0 Å². The molecule has 1 N–H and O–H groups in total.